The highest BCUT2D eigenvalue weighted by molar-refractivity contribution is 5.94. The maximum Gasteiger partial charge on any atom is 0.241 e. The summed E-state index contributed by atoms with van der Waals surface area (Å²) in [6.07, 6.45) is 0.865. The third-order valence-electron chi connectivity index (χ3n) is 5.19. The van der Waals surface area contributed by atoms with Gasteiger partial charge >= 0.3 is 0 Å². The number of nitrogens with two attached hydrogens (primary N) is 1. The minimum atomic E-state index is -0.472. The predicted octanol–water partition coefficient (Wildman–Crippen LogP) is 2.09. The van der Waals surface area contributed by atoms with E-state index in [2.05, 4.69) is 5.32 Å². The lowest BCUT2D eigenvalue weighted by Crippen LogP contribution is -2.57. The van der Waals surface area contributed by atoms with Crippen LogP contribution in [0.4, 0.5) is 10.1 Å². The van der Waals surface area contributed by atoms with Crippen LogP contribution < -0.4 is 11.1 Å². The Hall–Kier alpha value is -1.70. The largest absolute Gasteiger partial charge is 0.339 e. The van der Waals surface area contributed by atoms with Crippen molar-refractivity contribution in [1.29, 1.82) is 0 Å². The van der Waals surface area contributed by atoms with Gasteiger partial charge in [-0.1, -0.05) is 26.3 Å². The molecule has 8 heteroatoms. The molecule has 1 fully saturated rings. The number of rotatable bonds is 6. The second kappa shape index (κ2) is 10.6. The molecule has 1 aliphatic rings. The van der Waals surface area contributed by atoms with Crippen molar-refractivity contribution in [3.63, 3.8) is 0 Å². The number of carbonyl (C=O) groups is 2. The van der Waals surface area contributed by atoms with Crippen LogP contribution in [0.2, 0.25) is 0 Å². The zero-order valence-electron chi connectivity index (χ0n) is 16.2. The fraction of sp³-hybridized carbons (Fsp3) is 0.579. The van der Waals surface area contributed by atoms with Crippen LogP contribution in [-0.4, -0.2) is 59.9 Å². The number of hydrogen-bond acceptors (Lipinski definition) is 4. The van der Waals surface area contributed by atoms with Gasteiger partial charge in [-0.25, -0.2) is 4.39 Å². The zero-order valence-corrected chi connectivity index (χ0v) is 17.0. The van der Waals surface area contributed by atoms with Crippen LogP contribution in [0.15, 0.2) is 24.3 Å². The number of piperazine rings is 1. The lowest BCUT2D eigenvalue weighted by Gasteiger charge is -2.38. The van der Waals surface area contributed by atoms with Gasteiger partial charge in [-0.05, 0) is 31.0 Å². The molecule has 3 unspecified atom stereocenters. The third-order valence-corrected chi connectivity index (χ3v) is 5.19. The van der Waals surface area contributed by atoms with E-state index in [1.807, 2.05) is 25.7 Å². The van der Waals surface area contributed by atoms with E-state index in [1.54, 1.807) is 17.0 Å². The Labute approximate surface area is 166 Å². The van der Waals surface area contributed by atoms with Crippen molar-refractivity contribution in [1.82, 2.24) is 9.80 Å². The SMILES string of the molecule is CCC(C)C(N)C(=O)N1CCN(C(C)C(=O)Nc2cccc(F)c2)CC1.Cl. The summed E-state index contributed by atoms with van der Waals surface area (Å²) in [7, 11) is 0. The van der Waals surface area contributed by atoms with E-state index in [9.17, 15) is 14.0 Å². The number of nitrogens with one attached hydrogen (secondary N) is 1. The van der Waals surface area contributed by atoms with E-state index in [1.165, 1.54) is 12.1 Å². The number of carbonyl (C=O) groups excluding carboxylic acids is 2. The average molecular weight is 401 g/mol. The van der Waals surface area contributed by atoms with Crippen molar-refractivity contribution >= 4 is 29.9 Å². The minimum absolute atomic E-state index is 0. The molecule has 0 aromatic heterocycles. The summed E-state index contributed by atoms with van der Waals surface area (Å²) >= 11 is 0. The van der Waals surface area contributed by atoms with Gasteiger partial charge in [-0.15, -0.1) is 12.4 Å². The molecular weight excluding hydrogens is 371 g/mol. The minimum Gasteiger partial charge on any atom is -0.339 e. The van der Waals surface area contributed by atoms with Crippen LogP contribution in [0.1, 0.15) is 27.2 Å². The number of amides is 2. The van der Waals surface area contributed by atoms with Gasteiger partial charge in [0, 0.05) is 31.9 Å². The Kier molecular flexibility index (Phi) is 9.15. The summed E-state index contributed by atoms with van der Waals surface area (Å²) in [5.41, 5.74) is 6.48. The van der Waals surface area contributed by atoms with E-state index in [0.717, 1.165) is 6.42 Å². The van der Waals surface area contributed by atoms with Gasteiger partial charge in [0.25, 0.3) is 0 Å². The molecule has 1 aromatic carbocycles. The molecule has 1 aromatic rings. The molecule has 0 radical (unpaired) electrons. The van der Waals surface area contributed by atoms with Gasteiger partial charge in [-0.3, -0.25) is 14.5 Å². The summed E-state index contributed by atoms with van der Waals surface area (Å²) in [6, 6.07) is 5.00. The molecule has 2 amide bonds. The predicted molar refractivity (Wildman–Crippen MR) is 107 cm³/mol. The highest BCUT2D eigenvalue weighted by Gasteiger charge is 2.30. The molecule has 1 saturated heterocycles. The molecule has 0 spiro atoms. The molecule has 0 bridgehead atoms. The number of hydrogen-bond donors (Lipinski definition) is 2. The summed E-state index contributed by atoms with van der Waals surface area (Å²) < 4.78 is 13.2. The quantitative estimate of drug-likeness (QED) is 0.766. The molecule has 2 rings (SSSR count). The molecule has 1 heterocycles. The maximum atomic E-state index is 13.2. The van der Waals surface area contributed by atoms with Crippen molar-refractivity contribution in [3.05, 3.63) is 30.1 Å². The first kappa shape index (κ1) is 23.3. The Morgan fingerprint density at radius 1 is 1.22 bits per heavy atom. The number of benzene rings is 1. The van der Waals surface area contributed by atoms with E-state index in [0.29, 0.717) is 31.9 Å². The van der Waals surface area contributed by atoms with Crippen molar-refractivity contribution in [2.75, 3.05) is 31.5 Å². The van der Waals surface area contributed by atoms with E-state index >= 15 is 0 Å². The monoisotopic (exact) mass is 400 g/mol. The molecule has 0 aliphatic carbocycles. The van der Waals surface area contributed by atoms with E-state index in [-0.39, 0.29) is 42.0 Å². The Morgan fingerprint density at radius 3 is 2.41 bits per heavy atom. The molecular formula is C19H30ClFN4O2. The Morgan fingerprint density at radius 2 is 1.85 bits per heavy atom. The fourth-order valence-corrected chi connectivity index (χ4v) is 3.02. The van der Waals surface area contributed by atoms with Crippen LogP contribution in [0.25, 0.3) is 0 Å². The van der Waals surface area contributed by atoms with Gasteiger partial charge in [0.1, 0.15) is 5.82 Å². The number of nitrogens with zero attached hydrogens (tertiary/aromatic N) is 2. The van der Waals surface area contributed by atoms with Crippen LogP contribution >= 0.6 is 12.4 Å². The first-order chi connectivity index (χ1) is 12.3. The highest BCUT2D eigenvalue weighted by atomic mass is 35.5. The second-order valence-corrected chi connectivity index (χ2v) is 6.95. The summed E-state index contributed by atoms with van der Waals surface area (Å²) in [5, 5.41) is 2.73. The van der Waals surface area contributed by atoms with Crippen LogP contribution in [0.3, 0.4) is 0 Å². The number of anilines is 1. The molecule has 3 atom stereocenters. The summed E-state index contributed by atoms with van der Waals surface area (Å²) in [5.74, 6) is -0.445. The molecule has 27 heavy (non-hydrogen) atoms. The van der Waals surface area contributed by atoms with Gasteiger partial charge in [0.05, 0.1) is 12.1 Å². The van der Waals surface area contributed by atoms with E-state index in [4.69, 9.17) is 5.73 Å². The standard InChI is InChI=1S/C19H29FN4O2.ClH/c1-4-13(2)17(21)19(26)24-10-8-23(9-11-24)14(3)18(25)22-16-7-5-6-15(20)12-16;/h5-7,12-14,17H,4,8-11,21H2,1-3H3,(H,22,25);1H. The van der Waals surface area contributed by atoms with Gasteiger partial charge in [0.2, 0.25) is 11.8 Å². The van der Waals surface area contributed by atoms with Crippen molar-refractivity contribution in [3.8, 4) is 0 Å². The van der Waals surface area contributed by atoms with Crippen molar-refractivity contribution in [2.24, 2.45) is 11.7 Å². The van der Waals surface area contributed by atoms with Crippen LogP contribution in [-0.2, 0) is 9.59 Å². The topological polar surface area (TPSA) is 78.7 Å². The first-order valence-corrected chi connectivity index (χ1v) is 9.18. The van der Waals surface area contributed by atoms with E-state index < -0.39 is 6.04 Å². The fourth-order valence-electron chi connectivity index (χ4n) is 3.02. The Bertz CT molecular complexity index is 638. The van der Waals surface area contributed by atoms with Crippen LogP contribution in [0, 0.1) is 11.7 Å². The maximum absolute atomic E-state index is 13.2. The Balaban J connectivity index is 0.00000364. The summed E-state index contributed by atoms with van der Waals surface area (Å²) in [4.78, 5) is 28.7. The lowest BCUT2D eigenvalue weighted by molar-refractivity contribution is -0.136. The first-order valence-electron chi connectivity index (χ1n) is 9.18. The third kappa shape index (κ3) is 6.16. The molecule has 0 saturated carbocycles. The second-order valence-electron chi connectivity index (χ2n) is 6.95. The van der Waals surface area contributed by atoms with Crippen LogP contribution in [0.5, 0.6) is 0 Å². The average Bonchev–Trinajstić information content (AvgIpc) is 2.65. The van der Waals surface area contributed by atoms with Gasteiger partial charge < -0.3 is 16.0 Å². The molecule has 152 valence electrons. The number of halogens is 2. The molecule has 6 nitrogen and oxygen atoms in total. The molecule has 1 aliphatic heterocycles. The van der Waals surface area contributed by atoms with Gasteiger partial charge in [0.15, 0.2) is 0 Å². The highest BCUT2D eigenvalue weighted by Crippen LogP contribution is 2.14. The normalized spacial score (nSPS) is 18.2. The molecule has 3 N–H and O–H groups in total. The summed E-state index contributed by atoms with van der Waals surface area (Å²) in [6.45, 7) is 8.15. The van der Waals surface area contributed by atoms with Crippen molar-refractivity contribution in [2.45, 2.75) is 39.3 Å². The smallest absolute Gasteiger partial charge is 0.241 e. The van der Waals surface area contributed by atoms with Gasteiger partial charge in [-0.2, -0.15) is 0 Å². The zero-order chi connectivity index (χ0) is 19.3. The lowest BCUT2D eigenvalue weighted by atomic mass is 9.98. The van der Waals surface area contributed by atoms with Crippen molar-refractivity contribution < 1.29 is 14.0 Å².